The average Bonchev–Trinajstić information content (AvgIpc) is 2.60. The zero-order chi connectivity index (χ0) is 17.8. The Labute approximate surface area is 145 Å². The van der Waals surface area contributed by atoms with Crippen molar-refractivity contribution in [2.24, 2.45) is 5.73 Å². The Bertz CT molecular complexity index is 666. The van der Waals surface area contributed by atoms with Crippen molar-refractivity contribution in [1.29, 1.82) is 0 Å². The van der Waals surface area contributed by atoms with Gasteiger partial charge in [-0.05, 0) is 32.1 Å². The highest BCUT2D eigenvalue weighted by molar-refractivity contribution is 5.94. The molecular formula is C16H23N5O4. The normalized spacial score (nSPS) is 22.9. The van der Waals surface area contributed by atoms with Crippen LogP contribution in [0.5, 0.6) is 0 Å². The first kappa shape index (κ1) is 17.6. The van der Waals surface area contributed by atoms with Crippen LogP contribution in [0, 0.1) is 0 Å². The molecule has 0 saturated carbocycles. The van der Waals surface area contributed by atoms with Gasteiger partial charge < -0.3 is 26.3 Å². The molecule has 2 amide bonds. The average molecular weight is 349 g/mol. The van der Waals surface area contributed by atoms with Gasteiger partial charge in [-0.1, -0.05) is 0 Å². The SMILES string of the molecule is NC(=O)CO[C@H]1CCOC[C@H]1NC(=O)c1nc(N)nc2c1CCCC2. The molecule has 2 heterocycles. The smallest absolute Gasteiger partial charge is 0.270 e. The topological polar surface area (TPSA) is 142 Å². The van der Waals surface area contributed by atoms with Crippen molar-refractivity contribution in [3.8, 4) is 0 Å². The molecule has 2 aliphatic rings. The molecule has 2 atom stereocenters. The molecule has 1 saturated heterocycles. The van der Waals surface area contributed by atoms with Crippen molar-refractivity contribution in [3.63, 3.8) is 0 Å². The Morgan fingerprint density at radius 3 is 2.88 bits per heavy atom. The largest absolute Gasteiger partial charge is 0.379 e. The Balaban J connectivity index is 1.74. The summed E-state index contributed by atoms with van der Waals surface area (Å²) in [7, 11) is 0. The number of aromatic nitrogens is 2. The molecule has 0 unspecified atom stereocenters. The predicted molar refractivity (Wildman–Crippen MR) is 88.7 cm³/mol. The van der Waals surface area contributed by atoms with Crippen LogP contribution in [0.15, 0.2) is 0 Å². The lowest BCUT2D eigenvalue weighted by atomic mass is 9.94. The first-order chi connectivity index (χ1) is 12.0. The summed E-state index contributed by atoms with van der Waals surface area (Å²) in [5, 5.41) is 2.90. The van der Waals surface area contributed by atoms with Gasteiger partial charge >= 0.3 is 0 Å². The maximum atomic E-state index is 12.8. The van der Waals surface area contributed by atoms with Gasteiger partial charge in [0.15, 0.2) is 0 Å². The van der Waals surface area contributed by atoms with E-state index in [0.29, 0.717) is 25.3 Å². The van der Waals surface area contributed by atoms with E-state index >= 15 is 0 Å². The van der Waals surface area contributed by atoms with Gasteiger partial charge in [-0.25, -0.2) is 9.97 Å². The molecule has 5 N–H and O–H groups in total. The molecular weight excluding hydrogens is 326 g/mol. The van der Waals surface area contributed by atoms with E-state index in [9.17, 15) is 9.59 Å². The number of nitrogen functional groups attached to an aromatic ring is 1. The quantitative estimate of drug-likeness (QED) is 0.639. The van der Waals surface area contributed by atoms with E-state index < -0.39 is 5.91 Å². The second-order valence-electron chi connectivity index (χ2n) is 6.32. The zero-order valence-electron chi connectivity index (χ0n) is 14.0. The third-order valence-corrected chi connectivity index (χ3v) is 4.46. The summed E-state index contributed by atoms with van der Waals surface area (Å²) in [6.45, 7) is 0.621. The third kappa shape index (κ3) is 4.23. The molecule has 1 aromatic heterocycles. The summed E-state index contributed by atoms with van der Waals surface area (Å²) in [4.78, 5) is 32.1. The Morgan fingerprint density at radius 2 is 2.08 bits per heavy atom. The van der Waals surface area contributed by atoms with Crippen LogP contribution in [0.4, 0.5) is 5.95 Å². The zero-order valence-corrected chi connectivity index (χ0v) is 14.0. The number of rotatable bonds is 5. The number of nitrogens with zero attached hydrogens (tertiary/aromatic N) is 2. The molecule has 9 heteroatoms. The van der Waals surface area contributed by atoms with Crippen molar-refractivity contribution in [3.05, 3.63) is 17.0 Å². The van der Waals surface area contributed by atoms with Crippen LogP contribution < -0.4 is 16.8 Å². The molecule has 136 valence electrons. The molecule has 25 heavy (non-hydrogen) atoms. The van der Waals surface area contributed by atoms with Gasteiger partial charge in [-0.2, -0.15) is 0 Å². The van der Waals surface area contributed by atoms with Crippen molar-refractivity contribution < 1.29 is 19.1 Å². The van der Waals surface area contributed by atoms with E-state index in [1.165, 1.54) is 0 Å². The molecule has 0 spiro atoms. The standard InChI is InChI=1S/C16H23N5O4/c17-13(22)8-25-12-5-6-24-7-11(12)19-15(23)14-9-3-1-2-4-10(9)20-16(18)21-14/h11-12H,1-8H2,(H2,17,22)(H,19,23)(H2,18,20,21)/t11-,12+/m1/s1. The molecule has 1 aliphatic heterocycles. The number of primary amides is 1. The van der Waals surface area contributed by atoms with Crippen LogP contribution >= 0.6 is 0 Å². The first-order valence-corrected chi connectivity index (χ1v) is 8.48. The fourth-order valence-corrected chi connectivity index (χ4v) is 3.28. The molecule has 3 rings (SSSR count). The van der Waals surface area contributed by atoms with Crippen molar-refractivity contribution in [2.75, 3.05) is 25.6 Å². The highest BCUT2D eigenvalue weighted by atomic mass is 16.5. The van der Waals surface area contributed by atoms with Crippen LogP contribution in [-0.4, -0.2) is 53.7 Å². The maximum Gasteiger partial charge on any atom is 0.270 e. The molecule has 1 fully saturated rings. The van der Waals surface area contributed by atoms with Crippen LogP contribution in [-0.2, 0) is 27.1 Å². The third-order valence-electron chi connectivity index (χ3n) is 4.46. The number of hydrogen-bond acceptors (Lipinski definition) is 7. The lowest BCUT2D eigenvalue weighted by Gasteiger charge is -2.32. The fraction of sp³-hybridized carbons (Fsp3) is 0.625. The molecule has 1 aromatic rings. The molecule has 0 aromatic carbocycles. The van der Waals surface area contributed by atoms with Crippen LogP contribution in [0.3, 0.4) is 0 Å². The van der Waals surface area contributed by atoms with Crippen molar-refractivity contribution in [1.82, 2.24) is 15.3 Å². The van der Waals surface area contributed by atoms with Gasteiger partial charge in [-0.15, -0.1) is 0 Å². The Hall–Kier alpha value is -2.26. The Kier molecular flexibility index (Phi) is 5.44. The maximum absolute atomic E-state index is 12.8. The lowest BCUT2D eigenvalue weighted by Crippen LogP contribution is -2.51. The minimum absolute atomic E-state index is 0.104. The number of anilines is 1. The molecule has 0 radical (unpaired) electrons. The van der Waals surface area contributed by atoms with E-state index in [4.69, 9.17) is 20.9 Å². The fourth-order valence-electron chi connectivity index (χ4n) is 3.28. The second kappa shape index (κ2) is 7.75. The number of hydrogen-bond donors (Lipinski definition) is 3. The lowest BCUT2D eigenvalue weighted by molar-refractivity contribution is -0.128. The van der Waals surface area contributed by atoms with Crippen molar-refractivity contribution >= 4 is 17.8 Å². The van der Waals surface area contributed by atoms with Crippen LogP contribution in [0.2, 0.25) is 0 Å². The summed E-state index contributed by atoms with van der Waals surface area (Å²) in [6, 6.07) is -0.379. The van der Waals surface area contributed by atoms with Gasteiger partial charge in [0.2, 0.25) is 11.9 Å². The predicted octanol–water partition coefficient (Wildman–Crippen LogP) is -0.673. The Morgan fingerprint density at radius 1 is 1.28 bits per heavy atom. The van der Waals surface area contributed by atoms with Gasteiger partial charge in [0.1, 0.15) is 12.3 Å². The van der Waals surface area contributed by atoms with Gasteiger partial charge in [-0.3, -0.25) is 9.59 Å². The first-order valence-electron chi connectivity index (χ1n) is 8.48. The summed E-state index contributed by atoms with van der Waals surface area (Å²) >= 11 is 0. The number of nitrogens with one attached hydrogen (secondary N) is 1. The number of nitrogens with two attached hydrogens (primary N) is 2. The summed E-state index contributed by atoms with van der Waals surface area (Å²) < 4.78 is 10.9. The van der Waals surface area contributed by atoms with Crippen molar-refractivity contribution in [2.45, 2.75) is 44.2 Å². The summed E-state index contributed by atoms with van der Waals surface area (Å²) in [6.07, 6.45) is 3.84. The number of ether oxygens (including phenoxy) is 2. The monoisotopic (exact) mass is 349 g/mol. The number of amides is 2. The van der Waals surface area contributed by atoms with E-state index in [2.05, 4.69) is 15.3 Å². The number of aryl methyl sites for hydroxylation is 1. The number of carbonyl (C=O) groups is 2. The van der Waals surface area contributed by atoms with E-state index in [0.717, 1.165) is 36.9 Å². The number of fused-ring (bicyclic) bond motifs is 1. The molecule has 9 nitrogen and oxygen atoms in total. The van der Waals surface area contributed by atoms with Gasteiger partial charge in [0.25, 0.3) is 5.91 Å². The van der Waals surface area contributed by atoms with Gasteiger partial charge in [0, 0.05) is 17.9 Å². The van der Waals surface area contributed by atoms with E-state index in [1.807, 2.05) is 0 Å². The summed E-state index contributed by atoms with van der Waals surface area (Å²) in [5.41, 5.74) is 12.9. The second-order valence-corrected chi connectivity index (χ2v) is 6.32. The van der Waals surface area contributed by atoms with Crippen LogP contribution in [0.25, 0.3) is 0 Å². The molecule has 1 aliphatic carbocycles. The molecule has 0 bridgehead atoms. The highest BCUT2D eigenvalue weighted by Gasteiger charge is 2.30. The van der Waals surface area contributed by atoms with E-state index in [-0.39, 0.29) is 30.6 Å². The minimum atomic E-state index is -0.547. The minimum Gasteiger partial charge on any atom is -0.379 e. The van der Waals surface area contributed by atoms with E-state index in [1.54, 1.807) is 0 Å². The number of carbonyl (C=O) groups excluding carboxylic acids is 2. The van der Waals surface area contributed by atoms with Gasteiger partial charge in [0.05, 0.1) is 18.8 Å². The summed E-state index contributed by atoms with van der Waals surface area (Å²) in [5.74, 6) is -0.767. The highest BCUT2D eigenvalue weighted by Crippen LogP contribution is 2.23. The van der Waals surface area contributed by atoms with Crippen LogP contribution in [0.1, 0.15) is 41.0 Å².